The normalized spacial score (nSPS) is 10.8. The molecular weight excluding hydrogens is 274 g/mol. The molecule has 2 heterocycles. The van der Waals surface area contributed by atoms with E-state index in [-0.39, 0.29) is 5.78 Å². The van der Waals surface area contributed by atoms with Gasteiger partial charge in [-0.05, 0) is 25.1 Å². The van der Waals surface area contributed by atoms with Gasteiger partial charge in [-0.3, -0.25) is 4.79 Å². The molecule has 3 N–H and O–H groups in total. The summed E-state index contributed by atoms with van der Waals surface area (Å²) in [4.78, 5) is 27.7. The smallest absolute Gasteiger partial charge is 0.181 e. The number of hydrogen-bond donors (Lipinski definition) is 2. The second kappa shape index (κ2) is 4.93. The summed E-state index contributed by atoms with van der Waals surface area (Å²) in [5.41, 5.74) is 8.29. The first-order valence-electron chi connectivity index (χ1n) is 5.87. The molecule has 0 unspecified atom stereocenters. The molecule has 0 aliphatic rings. The summed E-state index contributed by atoms with van der Waals surface area (Å²) in [6.07, 6.45) is 3.05. The Bertz CT molecular complexity index is 798. The summed E-state index contributed by atoms with van der Waals surface area (Å²) in [7, 11) is 0. The number of Topliss-reactive ketones (excluding diaryl/α,β-unsaturated/α-hetero) is 1. The molecule has 7 heteroatoms. The van der Waals surface area contributed by atoms with E-state index in [0.717, 1.165) is 15.4 Å². The van der Waals surface area contributed by atoms with Gasteiger partial charge in [0.25, 0.3) is 0 Å². The van der Waals surface area contributed by atoms with Crippen LogP contribution in [-0.4, -0.2) is 25.7 Å². The second-order valence-corrected chi connectivity index (χ2v) is 5.25. The van der Waals surface area contributed by atoms with Crippen LogP contribution in [0.3, 0.4) is 0 Å². The summed E-state index contributed by atoms with van der Waals surface area (Å²) in [5.74, 6) is -0.0444. The van der Waals surface area contributed by atoms with Crippen LogP contribution in [0.1, 0.15) is 17.3 Å². The molecule has 0 amide bonds. The Kier molecular flexibility index (Phi) is 3.11. The lowest BCUT2D eigenvalue weighted by Gasteiger charge is -2.05. The van der Waals surface area contributed by atoms with Crippen LogP contribution >= 0.6 is 11.8 Å². The minimum absolute atomic E-state index is 0.0444. The molecule has 0 spiro atoms. The number of hydrogen-bond acceptors (Lipinski definition) is 6. The lowest BCUT2D eigenvalue weighted by atomic mass is 10.1. The van der Waals surface area contributed by atoms with Crippen molar-refractivity contribution in [2.45, 2.75) is 16.8 Å². The van der Waals surface area contributed by atoms with E-state index in [9.17, 15) is 4.79 Å². The van der Waals surface area contributed by atoms with Gasteiger partial charge in [0.1, 0.15) is 16.9 Å². The molecule has 0 fully saturated rings. The molecule has 1 aromatic carbocycles. The van der Waals surface area contributed by atoms with Gasteiger partial charge in [-0.15, -0.1) is 0 Å². The van der Waals surface area contributed by atoms with Crippen molar-refractivity contribution < 1.29 is 4.79 Å². The Balaban J connectivity index is 1.97. The van der Waals surface area contributed by atoms with Crippen molar-refractivity contribution >= 4 is 34.4 Å². The third kappa shape index (κ3) is 2.23. The molecule has 0 aliphatic heterocycles. The van der Waals surface area contributed by atoms with Crippen molar-refractivity contribution in [3.63, 3.8) is 0 Å². The SMILES string of the molecule is CC(=O)c1ccc(Sc2ncnc3nc[nH]c23)cc1N. The number of aromatic nitrogens is 4. The largest absolute Gasteiger partial charge is 0.398 e. The van der Waals surface area contributed by atoms with Gasteiger partial charge >= 0.3 is 0 Å². The molecule has 0 saturated heterocycles. The summed E-state index contributed by atoms with van der Waals surface area (Å²) in [6.45, 7) is 1.50. The van der Waals surface area contributed by atoms with Gasteiger partial charge in [0, 0.05) is 16.1 Å². The van der Waals surface area contributed by atoms with Crippen LogP contribution in [0.2, 0.25) is 0 Å². The minimum Gasteiger partial charge on any atom is -0.398 e. The average Bonchev–Trinajstić information content (AvgIpc) is 2.87. The Morgan fingerprint density at radius 2 is 2.15 bits per heavy atom. The molecule has 20 heavy (non-hydrogen) atoms. The number of nitrogen functional groups attached to an aromatic ring is 1. The van der Waals surface area contributed by atoms with Crippen molar-refractivity contribution in [1.29, 1.82) is 0 Å². The number of nitrogens with two attached hydrogens (primary N) is 1. The first-order chi connectivity index (χ1) is 9.65. The molecule has 2 aromatic heterocycles. The maximum absolute atomic E-state index is 11.4. The second-order valence-electron chi connectivity index (χ2n) is 4.19. The molecule has 0 aliphatic carbocycles. The number of anilines is 1. The monoisotopic (exact) mass is 285 g/mol. The Morgan fingerprint density at radius 1 is 1.30 bits per heavy atom. The average molecular weight is 285 g/mol. The van der Waals surface area contributed by atoms with Crippen LogP contribution in [0.4, 0.5) is 5.69 Å². The summed E-state index contributed by atoms with van der Waals surface area (Å²) >= 11 is 1.44. The van der Waals surface area contributed by atoms with Crippen molar-refractivity contribution in [1.82, 2.24) is 19.9 Å². The summed E-state index contributed by atoms with van der Waals surface area (Å²) in [5, 5.41) is 0.766. The van der Waals surface area contributed by atoms with Crippen LogP contribution in [0.5, 0.6) is 0 Å². The van der Waals surface area contributed by atoms with E-state index in [2.05, 4.69) is 19.9 Å². The lowest BCUT2D eigenvalue weighted by molar-refractivity contribution is 0.101. The van der Waals surface area contributed by atoms with Crippen molar-refractivity contribution in [3.8, 4) is 0 Å². The first-order valence-corrected chi connectivity index (χ1v) is 6.69. The standard InChI is InChI=1S/C13H11N5OS/c1-7(19)9-3-2-8(4-10(9)14)20-13-11-12(16-5-15-11)17-6-18-13/h2-6H,14H2,1H3,(H,15,16,17,18). The molecule has 3 rings (SSSR count). The highest BCUT2D eigenvalue weighted by Crippen LogP contribution is 2.31. The number of H-pyrrole nitrogens is 1. The van der Waals surface area contributed by atoms with Gasteiger partial charge in [-0.25, -0.2) is 15.0 Å². The highest BCUT2D eigenvalue weighted by atomic mass is 32.2. The number of nitrogens with one attached hydrogen (secondary N) is 1. The van der Waals surface area contributed by atoms with E-state index in [1.807, 2.05) is 6.07 Å². The fourth-order valence-corrected chi connectivity index (χ4v) is 2.75. The number of aromatic amines is 1. The van der Waals surface area contributed by atoms with Crippen LogP contribution in [0.15, 0.2) is 40.8 Å². The molecule has 0 radical (unpaired) electrons. The highest BCUT2D eigenvalue weighted by Gasteiger charge is 2.10. The van der Waals surface area contributed by atoms with Gasteiger partial charge in [0.15, 0.2) is 11.4 Å². The number of imidazole rings is 1. The van der Waals surface area contributed by atoms with E-state index in [1.54, 1.807) is 18.5 Å². The number of carbonyl (C=O) groups excluding carboxylic acids is 1. The van der Waals surface area contributed by atoms with Crippen LogP contribution in [0, 0.1) is 0 Å². The number of nitrogens with zero attached hydrogens (tertiary/aromatic N) is 3. The summed E-state index contributed by atoms with van der Waals surface area (Å²) < 4.78 is 0. The van der Waals surface area contributed by atoms with Gasteiger partial charge in [-0.2, -0.15) is 0 Å². The topological polar surface area (TPSA) is 97.5 Å². The van der Waals surface area contributed by atoms with Gasteiger partial charge in [0.05, 0.1) is 6.33 Å². The third-order valence-electron chi connectivity index (χ3n) is 2.81. The van der Waals surface area contributed by atoms with E-state index in [4.69, 9.17) is 5.73 Å². The quantitative estimate of drug-likeness (QED) is 0.435. The highest BCUT2D eigenvalue weighted by molar-refractivity contribution is 7.99. The Labute approximate surface area is 118 Å². The summed E-state index contributed by atoms with van der Waals surface area (Å²) in [6, 6.07) is 5.35. The van der Waals surface area contributed by atoms with Gasteiger partial charge < -0.3 is 10.7 Å². The molecule has 0 saturated carbocycles. The lowest BCUT2D eigenvalue weighted by Crippen LogP contribution is -1.99. The van der Waals surface area contributed by atoms with Crippen LogP contribution in [0.25, 0.3) is 11.2 Å². The number of benzene rings is 1. The third-order valence-corrected chi connectivity index (χ3v) is 3.80. The predicted molar refractivity (Wildman–Crippen MR) is 76.7 cm³/mol. The zero-order chi connectivity index (χ0) is 14.1. The Morgan fingerprint density at radius 3 is 2.90 bits per heavy atom. The molecule has 3 aromatic rings. The maximum Gasteiger partial charge on any atom is 0.181 e. The number of fused-ring (bicyclic) bond motifs is 1. The van der Waals surface area contributed by atoms with Gasteiger partial charge in [-0.1, -0.05) is 11.8 Å². The first kappa shape index (κ1) is 12.6. The predicted octanol–water partition coefficient (Wildman–Crippen LogP) is 2.29. The van der Waals surface area contributed by atoms with E-state index >= 15 is 0 Å². The van der Waals surface area contributed by atoms with Crippen molar-refractivity contribution in [2.75, 3.05) is 5.73 Å². The fraction of sp³-hybridized carbons (Fsp3) is 0.0769. The minimum atomic E-state index is -0.0444. The number of carbonyl (C=O) groups is 1. The van der Waals surface area contributed by atoms with Crippen molar-refractivity contribution in [2.24, 2.45) is 0 Å². The fourth-order valence-electron chi connectivity index (χ4n) is 1.86. The van der Waals surface area contributed by atoms with Crippen LogP contribution < -0.4 is 5.73 Å². The van der Waals surface area contributed by atoms with Gasteiger partial charge in [0.2, 0.25) is 0 Å². The van der Waals surface area contributed by atoms with E-state index in [0.29, 0.717) is 16.9 Å². The molecular formula is C13H11N5OS. The van der Waals surface area contributed by atoms with E-state index < -0.39 is 0 Å². The molecule has 100 valence electrons. The number of rotatable bonds is 3. The molecule has 6 nitrogen and oxygen atoms in total. The maximum atomic E-state index is 11.4. The number of ketones is 1. The zero-order valence-corrected chi connectivity index (χ0v) is 11.4. The molecule has 0 atom stereocenters. The Hall–Kier alpha value is -2.41. The zero-order valence-electron chi connectivity index (χ0n) is 10.6. The molecule has 0 bridgehead atoms. The van der Waals surface area contributed by atoms with E-state index in [1.165, 1.54) is 25.0 Å². The van der Waals surface area contributed by atoms with Crippen molar-refractivity contribution in [3.05, 3.63) is 36.4 Å². The van der Waals surface area contributed by atoms with Crippen LogP contribution in [-0.2, 0) is 0 Å².